The second-order valence-corrected chi connectivity index (χ2v) is 6.62. The molecule has 0 aromatic rings. The molecule has 0 aromatic carbocycles. The third-order valence-electron chi connectivity index (χ3n) is 0. The van der Waals surface area contributed by atoms with Crippen LogP contribution in [0.1, 0.15) is 0 Å². The fourth-order valence-corrected chi connectivity index (χ4v) is 0. The molecule has 0 atom stereocenters. The van der Waals surface area contributed by atoms with E-state index < -0.39 is 37.5 Å². The van der Waals surface area contributed by atoms with Gasteiger partial charge in [-0.15, -0.1) is 0 Å². The van der Waals surface area contributed by atoms with E-state index in [4.69, 9.17) is 75.1 Å². The molecule has 21 heavy (non-hydrogen) atoms. The predicted octanol–water partition coefficient (Wildman–Crippen LogP) is -9.55. The van der Waals surface area contributed by atoms with E-state index in [1.54, 1.807) is 0 Å². The summed E-state index contributed by atoms with van der Waals surface area (Å²) in [4.78, 5) is 87.9. The van der Waals surface area contributed by atoms with Crippen LogP contribution in [0.4, 0.5) is 0 Å². The first-order valence-electron chi connectivity index (χ1n) is 3.35. The van der Waals surface area contributed by atoms with Crippen LogP contribution in [0.2, 0.25) is 0 Å². The Morgan fingerprint density at radius 3 is 0.524 bits per heavy atom. The molecule has 0 amide bonds. The van der Waals surface area contributed by atoms with E-state index in [0.29, 0.717) is 0 Å². The molecule has 12 N–H and O–H groups in total. The van der Waals surface area contributed by atoms with Gasteiger partial charge < -0.3 is 66.7 Å². The number of hydrogen-bond donors (Lipinski definition) is 12. The second-order valence-electron chi connectivity index (χ2n) is 2.21. The molecule has 0 saturated carbocycles. The van der Waals surface area contributed by atoms with Gasteiger partial charge in [0, 0.05) is 10.4 Å². The average molecular weight is 592 g/mol. The molecule has 0 saturated heterocycles. The van der Waals surface area contributed by atoms with Crippen molar-refractivity contribution in [3.8, 4) is 0 Å². The summed E-state index contributed by atoms with van der Waals surface area (Å²) in [5.41, 5.74) is 0. The first-order chi connectivity index (χ1) is 8.00. The topological polar surface area (TPSA) is 323 Å². The minimum atomic E-state index is -5.17. The van der Waals surface area contributed by atoms with Crippen molar-refractivity contribution in [1.82, 2.24) is 0 Å². The van der Waals surface area contributed by atoms with Crippen molar-refractivity contribution in [1.29, 1.82) is 0 Å². The molecule has 0 aromatic heterocycles. The molecule has 0 aliphatic heterocycles. The third-order valence-corrected chi connectivity index (χ3v) is 0. The van der Waals surface area contributed by atoms with Crippen molar-refractivity contribution in [3.63, 3.8) is 0 Å². The number of hydrogen-bond acceptors (Lipinski definition) is 16. The summed E-state index contributed by atoms with van der Waals surface area (Å²) in [7, 11) is -19.0. The zero-order chi connectivity index (χ0) is 18.0. The third kappa shape index (κ3) is 8130. The van der Waals surface area contributed by atoms with Crippen LogP contribution in [-0.2, 0) is 10.4 Å². The minimum Gasteiger partial charge on any atom is -0.759 e. The Morgan fingerprint density at radius 1 is 0.524 bits per heavy atom. The molecule has 21 heteroatoms. The number of rotatable bonds is 0. The SMILES string of the molecule is O=S(=O)([O-])[O-].O[Si](O)(O)O.O[Si](O)(O)O.O[Si](O)(O)O.[Pb+2]. The molecule has 0 fully saturated rings. The van der Waals surface area contributed by atoms with Crippen molar-refractivity contribution in [2.45, 2.75) is 0 Å². The van der Waals surface area contributed by atoms with Gasteiger partial charge in [0.15, 0.2) is 0 Å². The summed E-state index contributed by atoms with van der Waals surface area (Å²) in [6.07, 6.45) is 0. The predicted molar refractivity (Wildman–Crippen MR) is 60.1 cm³/mol. The van der Waals surface area contributed by atoms with Crippen molar-refractivity contribution in [2.75, 3.05) is 0 Å². The molecule has 0 spiro atoms. The summed E-state index contributed by atoms with van der Waals surface area (Å²) in [6, 6.07) is 0. The van der Waals surface area contributed by atoms with E-state index in [1.165, 1.54) is 0 Å². The van der Waals surface area contributed by atoms with Crippen LogP contribution in [0, 0.1) is 0 Å². The van der Waals surface area contributed by atoms with E-state index in [-0.39, 0.29) is 27.3 Å². The van der Waals surface area contributed by atoms with E-state index in [9.17, 15) is 0 Å². The van der Waals surface area contributed by atoms with Gasteiger partial charge in [-0.25, -0.2) is 0 Å². The van der Waals surface area contributed by atoms with E-state index in [0.717, 1.165) is 0 Å². The van der Waals surface area contributed by atoms with Crippen LogP contribution < -0.4 is 0 Å². The van der Waals surface area contributed by atoms with Crippen LogP contribution in [0.5, 0.6) is 0 Å². The van der Waals surface area contributed by atoms with Gasteiger partial charge >= 0.3 is 54.4 Å². The normalized spacial score (nSPS) is 11.3. The minimum absolute atomic E-state index is 0. The molecule has 0 unspecified atom stereocenters. The summed E-state index contributed by atoms with van der Waals surface area (Å²) in [6.45, 7) is 0. The maximum Gasteiger partial charge on any atom is 2.00 e. The Kier molecular flexibility index (Phi) is 21.4. The smallest absolute Gasteiger partial charge is 0.759 e. The summed E-state index contributed by atoms with van der Waals surface area (Å²) in [5, 5.41) is 0. The van der Waals surface area contributed by atoms with Gasteiger partial charge in [-0.05, 0) is 0 Å². The average Bonchev–Trinajstić information content (AvgIpc) is 1.62. The Hall–Kier alpha value is 0.963. The maximum absolute atomic E-state index is 8.52. The first kappa shape index (κ1) is 33.5. The molecule has 0 aliphatic rings. The van der Waals surface area contributed by atoms with Gasteiger partial charge in [0.1, 0.15) is 0 Å². The van der Waals surface area contributed by atoms with Gasteiger partial charge in [-0.1, -0.05) is 0 Å². The monoisotopic (exact) mass is 592 g/mol. The largest absolute Gasteiger partial charge is 2.00 e. The molecule has 0 heterocycles. The standard InChI is InChI=1S/H2O4S.3H4O4Si.Pb/c4*1-5(2,3)4;/h(H2,1,2,3,4);3*1-4H;/q;;;;+2/p-2. The summed E-state index contributed by atoms with van der Waals surface area (Å²) >= 11 is 0. The molecular weight excluding hydrogens is 580 g/mol. The quantitative estimate of drug-likeness (QED) is 0.0706. The van der Waals surface area contributed by atoms with Gasteiger partial charge in [-0.2, -0.15) is 0 Å². The molecule has 2 radical (unpaired) electrons. The van der Waals surface area contributed by atoms with Gasteiger partial charge in [0.05, 0.1) is 0 Å². The summed E-state index contributed by atoms with van der Waals surface area (Å²) < 4.78 is 34.1. The van der Waals surface area contributed by atoms with E-state index in [1.807, 2.05) is 0 Å². The molecule has 0 rings (SSSR count). The van der Waals surface area contributed by atoms with E-state index in [2.05, 4.69) is 0 Å². The van der Waals surface area contributed by atoms with Crippen molar-refractivity contribution in [2.24, 2.45) is 0 Å². The fourth-order valence-electron chi connectivity index (χ4n) is 0. The fraction of sp³-hybridized carbons (Fsp3) is 0. The summed E-state index contributed by atoms with van der Waals surface area (Å²) in [5.74, 6) is 0. The Balaban J connectivity index is -0.0000000533. The molecule has 130 valence electrons. The second kappa shape index (κ2) is 13.4. The van der Waals surface area contributed by atoms with Crippen LogP contribution >= 0.6 is 0 Å². The van der Waals surface area contributed by atoms with Gasteiger partial charge in [0.25, 0.3) is 0 Å². The zero-order valence-corrected chi connectivity index (χ0v) is 17.1. The van der Waals surface area contributed by atoms with Crippen molar-refractivity contribution >= 4 is 64.8 Å². The Morgan fingerprint density at radius 2 is 0.524 bits per heavy atom. The zero-order valence-electron chi connectivity index (χ0n) is 9.41. The first-order valence-corrected chi connectivity index (χ1v) is 10.0. The Bertz CT molecular complexity index is 247. The van der Waals surface area contributed by atoms with Gasteiger partial charge in [-0.3, -0.25) is 8.42 Å². The van der Waals surface area contributed by atoms with Crippen LogP contribution in [0.15, 0.2) is 0 Å². The van der Waals surface area contributed by atoms with E-state index >= 15 is 0 Å². The molecule has 0 bridgehead atoms. The molecule has 16 nitrogen and oxygen atoms in total. The van der Waals surface area contributed by atoms with Gasteiger partial charge in [0.2, 0.25) is 0 Å². The van der Waals surface area contributed by atoms with Crippen LogP contribution in [-0.4, -0.2) is 130 Å². The van der Waals surface area contributed by atoms with Crippen LogP contribution in [0.25, 0.3) is 0 Å². The molecular formula is H12O16PbSSi3. The molecule has 0 aliphatic carbocycles. The van der Waals surface area contributed by atoms with Crippen LogP contribution in [0.3, 0.4) is 0 Å². The Labute approximate surface area is 139 Å². The maximum atomic E-state index is 8.52. The van der Waals surface area contributed by atoms with Crippen molar-refractivity contribution in [3.05, 3.63) is 0 Å². The van der Waals surface area contributed by atoms with Crippen molar-refractivity contribution < 1.29 is 75.1 Å².